The molecule has 0 radical (unpaired) electrons. The average Bonchev–Trinajstić information content (AvgIpc) is 3.25. The number of rotatable bonds is 4. The van der Waals surface area contributed by atoms with Crippen LogP contribution in [0.2, 0.25) is 10.0 Å². The van der Waals surface area contributed by atoms with E-state index in [0.717, 1.165) is 24.2 Å². The molecule has 104 valence electrons. The fourth-order valence-electron chi connectivity index (χ4n) is 2.04. The van der Waals surface area contributed by atoms with Crippen molar-refractivity contribution >= 4 is 23.2 Å². The fourth-order valence-corrected chi connectivity index (χ4v) is 2.44. The normalized spacial score (nSPS) is 15.9. The summed E-state index contributed by atoms with van der Waals surface area (Å²) in [5, 5.41) is 11.5. The van der Waals surface area contributed by atoms with E-state index in [0.29, 0.717) is 21.7 Å². The summed E-state index contributed by atoms with van der Waals surface area (Å²) in [5.74, 6) is 0.780. The van der Waals surface area contributed by atoms with Crippen LogP contribution in [0.25, 0.3) is 0 Å². The minimum atomic E-state index is -0.816. The van der Waals surface area contributed by atoms with Crippen LogP contribution in [0.3, 0.4) is 0 Å². The standard InChI is InChI=1S/C16H14Cl2O2/c17-11-4-7-15(18)14(9-11)16(19)10-2-1-3-13(8-10)20-12-5-6-12/h1-4,7-9,12,16,19H,5-6H2. The highest BCUT2D eigenvalue weighted by Crippen LogP contribution is 2.33. The van der Waals surface area contributed by atoms with E-state index in [-0.39, 0.29) is 0 Å². The quantitative estimate of drug-likeness (QED) is 0.893. The molecule has 0 spiro atoms. The molecule has 0 saturated heterocycles. The molecular formula is C16H14Cl2O2. The van der Waals surface area contributed by atoms with Crippen molar-refractivity contribution in [3.8, 4) is 5.75 Å². The minimum Gasteiger partial charge on any atom is -0.490 e. The summed E-state index contributed by atoms with van der Waals surface area (Å²) in [6.07, 6.45) is 1.72. The van der Waals surface area contributed by atoms with Crippen LogP contribution in [-0.2, 0) is 0 Å². The summed E-state index contributed by atoms with van der Waals surface area (Å²) in [6, 6.07) is 12.5. The van der Waals surface area contributed by atoms with Gasteiger partial charge in [-0.15, -0.1) is 0 Å². The predicted octanol–water partition coefficient (Wildman–Crippen LogP) is 4.62. The Balaban J connectivity index is 1.88. The van der Waals surface area contributed by atoms with Crippen molar-refractivity contribution < 1.29 is 9.84 Å². The zero-order valence-electron chi connectivity index (χ0n) is 10.7. The molecule has 0 bridgehead atoms. The maximum absolute atomic E-state index is 10.5. The molecule has 0 amide bonds. The van der Waals surface area contributed by atoms with E-state index in [1.807, 2.05) is 24.3 Å². The highest BCUT2D eigenvalue weighted by Gasteiger charge is 2.24. The Labute approximate surface area is 127 Å². The first kappa shape index (κ1) is 13.7. The molecule has 1 saturated carbocycles. The molecule has 0 aromatic heterocycles. The van der Waals surface area contributed by atoms with Gasteiger partial charge in [-0.2, -0.15) is 0 Å². The largest absolute Gasteiger partial charge is 0.490 e. The van der Waals surface area contributed by atoms with Crippen LogP contribution in [0.4, 0.5) is 0 Å². The maximum Gasteiger partial charge on any atom is 0.120 e. The molecule has 1 N–H and O–H groups in total. The Kier molecular flexibility index (Phi) is 3.88. The molecule has 0 aliphatic heterocycles. The molecule has 3 rings (SSSR count). The lowest BCUT2D eigenvalue weighted by atomic mass is 10.0. The molecule has 4 heteroatoms. The van der Waals surface area contributed by atoms with Gasteiger partial charge in [-0.05, 0) is 48.7 Å². The van der Waals surface area contributed by atoms with E-state index in [9.17, 15) is 5.11 Å². The summed E-state index contributed by atoms with van der Waals surface area (Å²) in [7, 11) is 0. The zero-order valence-corrected chi connectivity index (χ0v) is 12.2. The van der Waals surface area contributed by atoms with E-state index < -0.39 is 6.10 Å². The Bertz CT molecular complexity index is 624. The van der Waals surface area contributed by atoms with Crippen molar-refractivity contribution in [3.63, 3.8) is 0 Å². The molecular weight excluding hydrogens is 295 g/mol. The average molecular weight is 309 g/mol. The van der Waals surface area contributed by atoms with Gasteiger partial charge in [-0.25, -0.2) is 0 Å². The lowest BCUT2D eigenvalue weighted by Gasteiger charge is -2.15. The summed E-state index contributed by atoms with van der Waals surface area (Å²) in [6.45, 7) is 0. The van der Waals surface area contributed by atoms with Gasteiger partial charge in [0, 0.05) is 15.6 Å². The Morgan fingerprint density at radius 3 is 2.65 bits per heavy atom. The summed E-state index contributed by atoms with van der Waals surface area (Å²) >= 11 is 12.1. The van der Waals surface area contributed by atoms with Crippen LogP contribution in [-0.4, -0.2) is 11.2 Å². The summed E-state index contributed by atoms with van der Waals surface area (Å²) in [4.78, 5) is 0. The third-order valence-electron chi connectivity index (χ3n) is 3.25. The van der Waals surface area contributed by atoms with Gasteiger partial charge >= 0.3 is 0 Å². The Morgan fingerprint density at radius 2 is 1.90 bits per heavy atom. The van der Waals surface area contributed by atoms with Crippen molar-refractivity contribution in [2.75, 3.05) is 0 Å². The lowest BCUT2D eigenvalue weighted by molar-refractivity contribution is 0.219. The second-order valence-corrected chi connectivity index (χ2v) is 5.80. The van der Waals surface area contributed by atoms with Crippen LogP contribution < -0.4 is 4.74 Å². The molecule has 1 atom stereocenters. The maximum atomic E-state index is 10.5. The summed E-state index contributed by atoms with van der Waals surface area (Å²) in [5.41, 5.74) is 1.34. The second kappa shape index (κ2) is 5.65. The van der Waals surface area contributed by atoms with Crippen LogP contribution in [0.15, 0.2) is 42.5 Å². The number of aliphatic hydroxyl groups excluding tert-OH is 1. The predicted molar refractivity (Wildman–Crippen MR) is 80.6 cm³/mol. The van der Waals surface area contributed by atoms with E-state index in [1.165, 1.54) is 0 Å². The van der Waals surface area contributed by atoms with Crippen LogP contribution in [0.5, 0.6) is 5.75 Å². The molecule has 2 aromatic carbocycles. The molecule has 20 heavy (non-hydrogen) atoms. The molecule has 2 aromatic rings. The third-order valence-corrected chi connectivity index (χ3v) is 3.83. The van der Waals surface area contributed by atoms with Crippen molar-refractivity contribution in [2.24, 2.45) is 0 Å². The first-order valence-electron chi connectivity index (χ1n) is 6.53. The van der Waals surface area contributed by atoms with Gasteiger partial charge in [-0.1, -0.05) is 35.3 Å². The smallest absolute Gasteiger partial charge is 0.120 e. The van der Waals surface area contributed by atoms with E-state index in [4.69, 9.17) is 27.9 Å². The minimum absolute atomic E-state index is 0.331. The van der Waals surface area contributed by atoms with Gasteiger partial charge in [0.05, 0.1) is 6.10 Å². The van der Waals surface area contributed by atoms with Crippen molar-refractivity contribution in [1.29, 1.82) is 0 Å². The topological polar surface area (TPSA) is 29.5 Å². The highest BCUT2D eigenvalue weighted by molar-refractivity contribution is 6.33. The van der Waals surface area contributed by atoms with E-state index in [1.54, 1.807) is 18.2 Å². The Morgan fingerprint density at radius 1 is 1.10 bits per heavy atom. The lowest BCUT2D eigenvalue weighted by Crippen LogP contribution is -2.02. The number of halogens is 2. The highest BCUT2D eigenvalue weighted by atomic mass is 35.5. The van der Waals surface area contributed by atoms with Crippen molar-refractivity contribution in [1.82, 2.24) is 0 Å². The first-order chi connectivity index (χ1) is 9.63. The monoisotopic (exact) mass is 308 g/mol. The number of benzene rings is 2. The van der Waals surface area contributed by atoms with E-state index in [2.05, 4.69) is 0 Å². The van der Waals surface area contributed by atoms with Gasteiger partial charge in [0.25, 0.3) is 0 Å². The third kappa shape index (κ3) is 3.09. The fraction of sp³-hybridized carbons (Fsp3) is 0.250. The number of aliphatic hydroxyl groups is 1. The molecule has 1 fully saturated rings. The van der Waals surface area contributed by atoms with Gasteiger partial charge in [0.15, 0.2) is 0 Å². The molecule has 1 aliphatic carbocycles. The van der Waals surface area contributed by atoms with Crippen molar-refractivity contribution in [3.05, 3.63) is 63.6 Å². The van der Waals surface area contributed by atoms with Gasteiger partial charge < -0.3 is 9.84 Å². The number of hydrogen-bond donors (Lipinski definition) is 1. The number of ether oxygens (including phenoxy) is 1. The van der Waals surface area contributed by atoms with Gasteiger partial charge in [0.1, 0.15) is 11.9 Å². The van der Waals surface area contributed by atoms with Crippen LogP contribution >= 0.6 is 23.2 Å². The first-order valence-corrected chi connectivity index (χ1v) is 7.29. The molecule has 2 nitrogen and oxygen atoms in total. The summed E-state index contributed by atoms with van der Waals surface area (Å²) < 4.78 is 5.74. The van der Waals surface area contributed by atoms with E-state index >= 15 is 0 Å². The van der Waals surface area contributed by atoms with Crippen LogP contribution in [0.1, 0.15) is 30.1 Å². The molecule has 0 heterocycles. The number of hydrogen-bond acceptors (Lipinski definition) is 2. The SMILES string of the molecule is OC(c1cccc(OC2CC2)c1)c1cc(Cl)ccc1Cl. The van der Waals surface area contributed by atoms with Crippen molar-refractivity contribution in [2.45, 2.75) is 25.0 Å². The second-order valence-electron chi connectivity index (χ2n) is 4.96. The molecule has 1 unspecified atom stereocenters. The van der Waals surface area contributed by atoms with Gasteiger partial charge in [-0.3, -0.25) is 0 Å². The Hall–Kier alpha value is -1.22. The van der Waals surface area contributed by atoms with Gasteiger partial charge in [0.2, 0.25) is 0 Å². The van der Waals surface area contributed by atoms with Crippen LogP contribution in [0, 0.1) is 0 Å². The molecule has 1 aliphatic rings. The zero-order chi connectivity index (χ0) is 14.1.